The fourth-order valence-corrected chi connectivity index (χ4v) is 3.91. The van der Waals surface area contributed by atoms with Crippen LogP contribution in [0.2, 0.25) is 0 Å². The molecule has 1 aliphatic rings. The van der Waals surface area contributed by atoms with Crippen molar-refractivity contribution in [2.24, 2.45) is 5.92 Å². The van der Waals surface area contributed by atoms with Gasteiger partial charge in [-0.1, -0.05) is 24.3 Å². The second-order valence-corrected chi connectivity index (χ2v) is 7.36. The van der Waals surface area contributed by atoms with Crippen LogP contribution < -0.4 is 0 Å². The van der Waals surface area contributed by atoms with Crippen molar-refractivity contribution in [2.75, 3.05) is 33.2 Å². The average molecular weight is 364 g/mol. The molecule has 1 atom stereocenters. The second-order valence-electron chi connectivity index (χ2n) is 7.36. The van der Waals surface area contributed by atoms with E-state index in [-0.39, 0.29) is 5.91 Å². The molecule has 140 valence electrons. The molecule has 0 bridgehead atoms. The number of carbonyl (C=O) groups excluding carboxylic acids is 1. The molecule has 1 aromatic carbocycles. The lowest BCUT2D eigenvalue weighted by Gasteiger charge is -2.24. The number of aryl methyl sites for hydroxylation is 1. The Morgan fingerprint density at radius 3 is 2.89 bits per heavy atom. The number of rotatable bonds is 3. The van der Waals surface area contributed by atoms with Gasteiger partial charge in [0.25, 0.3) is 5.91 Å². The Morgan fingerprint density at radius 2 is 2.07 bits per heavy atom. The number of fused-ring (bicyclic) bond motifs is 1. The quantitative estimate of drug-likeness (QED) is 0.715. The first-order chi connectivity index (χ1) is 13.1. The molecule has 0 N–H and O–H groups in total. The molecular formula is C21H24N4O2. The molecular weight excluding hydrogens is 340 g/mol. The number of nitrogens with zero attached hydrogens (tertiary/aromatic N) is 4. The maximum absolute atomic E-state index is 12.9. The van der Waals surface area contributed by atoms with Gasteiger partial charge in [-0.15, -0.1) is 0 Å². The van der Waals surface area contributed by atoms with Crippen LogP contribution in [0.1, 0.15) is 21.8 Å². The topological polar surface area (TPSA) is 62.5 Å². The number of oxazole rings is 1. The number of carbonyl (C=O) groups is 1. The summed E-state index contributed by atoms with van der Waals surface area (Å²) >= 11 is 0. The zero-order chi connectivity index (χ0) is 18.8. The lowest BCUT2D eigenvalue weighted by Crippen LogP contribution is -2.37. The molecule has 3 heterocycles. The van der Waals surface area contributed by atoms with Gasteiger partial charge in [-0.2, -0.15) is 0 Å². The molecule has 2 aromatic heterocycles. The number of pyridine rings is 1. The monoisotopic (exact) mass is 364 g/mol. The van der Waals surface area contributed by atoms with Crippen molar-refractivity contribution in [3.63, 3.8) is 0 Å². The third-order valence-electron chi connectivity index (χ3n) is 5.29. The van der Waals surface area contributed by atoms with Gasteiger partial charge in [0, 0.05) is 44.0 Å². The summed E-state index contributed by atoms with van der Waals surface area (Å²) in [4.78, 5) is 25.7. The molecule has 3 aromatic rings. The first kappa shape index (κ1) is 17.7. The zero-order valence-corrected chi connectivity index (χ0v) is 15.8. The molecule has 1 amide bonds. The predicted molar refractivity (Wildman–Crippen MR) is 104 cm³/mol. The first-order valence-electron chi connectivity index (χ1n) is 9.31. The number of hydrogen-bond donors (Lipinski definition) is 0. The van der Waals surface area contributed by atoms with Gasteiger partial charge in [-0.05, 0) is 37.3 Å². The molecule has 0 unspecified atom stereocenters. The number of likely N-dealkylation sites (N-methyl/N-ethyl adjacent to an activating group) is 1. The Balaban J connectivity index is 1.57. The fraction of sp³-hybridized carbons (Fsp3) is 0.381. The minimum atomic E-state index is -0.0439. The maximum atomic E-state index is 12.9. The highest BCUT2D eigenvalue weighted by atomic mass is 16.3. The summed E-state index contributed by atoms with van der Waals surface area (Å²) in [6.45, 7) is 4.99. The molecule has 6 heteroatoms. The summed E-state index contributed by atoms with van der Waals surface area (Å²) < 4.78 is 5.22. The van der Waals surface area contributed by atoms with Crippen LogP contribution in [-0.2, 0) is 6.42 Å². The van der Waals surface area contributed by atoms with Crippen molar-refractivity contribution in [1.82, 2.24) is 19.8 Å². The molecule has 1 saturated heterocycles. The SMILES string of the molecule is Cc1ocnc1C(=O)N1CCN(C)C[C@H](Cc2cncc3ccccc23)C1. The Kier molecular flexibility index (Phi) is 4.90. The van der Waals surface area contributed by atoms with Crippen molar-refractivity contribution >= 4 is 16.7 Å². The van der Waals surface area contributed by atoms with Crippen LogP contribution in [0, 0.1) is 12.8 Å². The summed E-state index contributed by atoms with van der Waals surface area (Å²) in [7, 11) is 2.11. The van der Waals surface area contributed by atoms with E-state index in [9.17, 15) is 4.79 Å². The van der Waals surface area contributed by atoms with E-state index in [1.54, 1.807) is 6.92 Å². The number of benzene rings is 1. The van der Waals surface area contributed by atoms with Crippen LogP contribution in [-0.4, -0.2) is 58.9 Å². The fourth-order valence-electron chi connectivity index (χ4n) is 3.91. The minimum absolute atomic E-state index is 0.0439. The Labute approximate surface area is 158 Å². The van der Waals surface area contributed by atoms with E-state index >= 15 is 0 Å². The van der Waals surface area contributed by atoms with Crippen LogP contribution in [0.15, 0.2) is 47.5 Å². The Morgan fingerprint density at radius 1 is 1.22 bits per heavy atom. The van der Waals surface area contributed by atoms with E-state index in [0.29, 0.717) is 30.5 Å². The Hall–Kier alpha value is -2.73. The standard InChI is InChI=1S/C21H24N4O2/c1-15-20(23-14-27-15)21(26)25-8-7-24(2)12-16(13-25)9-18-11-22-10-17-5-3-4-6-19(17)18/h3-6,10-11,14,16H,7-9,12-13H2,1-2H3/t16-/m0/s1. The van der Waals surface area contributed by atoms with Gasteiger partial charge in [0.15, 0.2) is 12.1 Å². The molecule has 0 radical (unpaired) electrons. The molecule has 0 spiro atoms. The number of amides is 1. The maximum Gasteiger partial charge on any atom is 0.276 e. The highest BCUT2D eigenvalue weighted by Gasteiger charge is 2.27. The number of aromatic nitrogens is 2. The number of hydrogen-bond acceptors (Lipinski definition) is 5. The van der Waals surface area contributed by atoms with Gasteiger partial charge < -0.3 is 14.2 Å². The lowest BCUT2D eigenvalue weighted by atomic mass is 9.96. The Bertz CT molecular complexity index is 947. The second kappa shape index (κ2) is 7.48. The highest BCUT2D eigenvalue weighted by Crippen LogP contribution is 2.22. The summed E-state index contributed by atoms with van der Waals surface area (Å²) in [5.74, 6) is 0.867. The van der Waals surface area contributed by atoms with Gasteiger partial charge in [-0.25, -0.2) is 4.98 Å². The minimum Gasteiger partial charge on any atom is -0.448 e. The average Bonchev–Trinajstić information content (AvgIpc) is 3.01. The van der Waals surface area contributed by atoms with Gasteiger partial charge in [0.05, 0.1) is 0 Å². The van der Waals surface area contributed by atoms with E-state index in [2.05, 4.69) is 40.1 Å². The lowest BCUT2D eigenvalue weighted by molar-refractivity contribution is 0.0739. The van der Waals surface area contributed by atoms with E-state index < -0.39 is 0 Å². The summed E-state index contributed by atoms with van der Waals surface area (Å²) in [6.07, 6.45) is 6.09. The summed E-state index contributed by atoms with van der Waals surface area (Å²) in [6, 6.07) is 8.34. The third-order valence-corrected chi connectivity index (χ3v) is 5.29. The van der Waals surface area contributed by atoms with Crippen LogP contribution in [0.5, 0.6) is 0 Å². The molecule has 4 rings (SSSR count). The highest BCUT2D eigenvalue weighted by molar-refractivity contribution is 5.93. The van der Waals surface area contributed by atoms with E-state index in [4.69, 9.17) is 4.42 Å². The zero-order valence-electron chi connectivity index (χ0n) is 15.8. The molecule has 0 saturated carbocycles. The van der Waals surface area contributed by atoms with Gasteiger partial charge in [-0.3, -0.25) is 9.78 Å². The largest absolute Gasteiger partial charge is 0.448 e. The van der Waals surface area contributed by atoms with Crippen molar-refractivity contribution < 1.29 is 9.21 Å². The molecule has 1 fully saturated rings. The van der Waals surface area contributed by atoms with Crippen LogP contribution in [0.3, 0.4) is 0 Å². The third kappa shape index (κ3) is 3.71. The smallest absolute Gasteiger partial charge is 0.276 e. The molecule has 27 heavy (non-hydrogen) atoms. The van der Waals surface area contributed by atoms with Crippen molar-refractivity contribution in [2.45, 2.75) is 13.3 Å². The van der Waals surface area contributed by atoms with Crippen molar-refractivity contribution in [1.29, 1.82) is 0 Å². The van der Waals surface area contributed by atoms with E-state index in [1.807, 2.05) is 23.4 Å². The van der Waals surface area contributed by atoms with Crippen molar-refractivity contribution in [3.05, 3.63) is 60.1 Å². The summed E-state index contributed by atoms with van der Waals surface area (Å²) in [5, 5.41) is 2.40. The normalized spacial score (nSPS) is 18.6. The molecule has 1 aliphatic heterocycles. The van der Waals surface area contributed by atoms with Crippen LogP contribution >= 0.6 is 0 Å². The van der Waals surface area contributed by atoms with Crippen molar-refractivity contribution in [3.8, 4) is 0 Å². The van der Waals surface area contributed by atoms with E-state index in [1.165, 1.54) is 17.3 Å². The van der Waals surface area contributed by atoms with Crippen LogP contribution in [0.4, 0.5) is 0 Å². The van der Waals surface area contributed by atoms with Gasteiger partial charge >= 0.3 is 0 Å². The molecule has 0 aliphatic carbocycles. The van der Waals surface area contributed by atoms with Crippen LogP contribution in [0.25, 0.3) is 10.8 Å². The summed E-state index contributed by atoms with van der Waals surface area (Å²) in [5.41, 5.74) is 1.66. The van der Waals surface area contributed by atoms with E-state index in [0.717, 1.165) is 24.9 Å². The first-order valence-corrected chi connectivity index (χ1v) is 9.31. The molecule has 6 nitrogen and oxygen atoms in total. The van der Waals surface area contributed by atoms with Gasteiger partial charge in [0.2, 0.25) is 0 Å². The predicted octanol–water partition coefficient (Wildman–Crippen LogP) is 2.78. The van der Waals surface area contributed by atoms with Gasteiger partial charge in [0.1, 0.15) is 5.76 Å².